The highest BCUT2D eigenvalue weighted by Gasteiger charge is 2.11. The van der Waals surface area contributed by atoms with E-state index in [1.807, 2.05) is 0 Å². The Balaban J connectivity index is 2.82. The quantitative estimate of drug-likeness (QED) is 0.603. The van der Waals surface area contributed by atoms with Crippen molar-refractivity contribution in [3.8, 4) is 5.75 Å². The molecule has 0 heterocycles. The second-order valence-corrected chi connectivity index (χ2v) is 4.00. The number of hydrogen-bond donors (Lipinski definition) is 0. The summed E-state index contributed by atoms with van der Waals surface area (Å²) in [5, 5.41) is 0. The van der Waals surface area contributed by atoms with Gasteiger partial charge in [0, 0.05) is 0 Å². The molecule has 0 saturated heterocycles. The highest BCUT2D eigenvalue weighted by atomic mass is 79.9. The third kappa shape index (κ3) is 2.80. The van der Waals surface area contributed by atoms with E-state index in [-0.39, 0.29) is 17.7 Å². The highest BCUT2D eigenvalue weighted by molar-refractivity contribution is 9.10. The van der Waals surface area contributed by atoms with Crippen LogP contribution in [0.25, 0.3) is 0 Å². The molecule has 0 saturated carbocycles. The van der Waals surface area contributed by atoms with Gasteiger partial charge in [-0.1, -0.05) is 13.8 Å². The maximum absolute atomic E-state index is 12.7. The van der Waals surface area contributed by atoms with Crippen LogP contribution >= 0.6 is 15.9 Å². The third-order valence-electron chi connectivity index (χ3n) is 1.58. The van der Waals surface area contributed by atoms with E-state index >= 15 is 0 Å². The average Bonchev–Trinajstić information content (AvgIpc) is 2.09. The zero-order chi connectivity index (χ0) is 10.7. The van der Waals surface area contributed by atoms with E-state index in [4.69, 9.17) is 4.74 Å². The monoisotopic (exact) mass is 260 g/mol. The van der Waals surface area contributed by atoms with Crippen molar-refractivity contribution < 1.29 is 13.9 Å². The first-order valence-electron chi connectivity index (χ1n) is 4.17. The number of rotatable bonds is 2. The average molecular weight is 261 g/mol. The molecule has 1 rings (SSSR count). The Hall–Kier alpha value is -0.900. The summed E-state index contributed by atoms with van der Waals surface area (Å²) in [7, 11) is 0. The maximum Gasteiger partial charge on any atom is 0.313 e. The molecule has 76 valence electrons. The number of halogens is 2. The van der Waals surface area contributed by atoms with Gasteiger partial charge in [0.25, 0.3) is 0 Å². The number of benzene rings is 1. The van der Waals surface area contributed by atoms with E-state index in [2.05, 4.69) is 15.9 Å². The van der Waals surface area contributed by atoms with Crippen molar-refractivity contribution in [2.24, 2.45) is 5.92 Å². The Labute approximate surface area is 90.2 Å². The van der Waals surface area contributed by atoms with Gasteiger partial charge in [-0.05, 0) is 34.1 Å². The van der Waals surface area contributed by atoms with Crippen molar-refractivity contribution in [2.75, 3.05) is 0 Å². The van der Waals surface area contributed by atoms with Crippen molar-refractivity contribution in [1.29, 1.82) is 0 Å². The van der Waals surface area contributed by atoms with E-state index in [0.29, 0.717) is 10.2 Å². The predicted octanol–water partition coefficient (Wildman–Crippen LogP) is 3.15. The minimum atomic E-state index is -0.374. The van der Waals surface area contributed by atoms with Crippen LogP contribution < -0.4 is 4.74 Å². The molecule has 1 aromatic carbocycles. The maximum atomic E-state index is 12.7. The van der Waals surface area contributed by atoms with Gasteiger partial charge >= 0.3 is 5.97 Å². The molecule has 0 aliphatic heterocycles. The van der Waals surface area contributed by atoms with Gasteiger partial charge in [-0.15, -0.1) is 0 Å². The highest BCUT2D eigenvalue weighted by Crippen LogP contribution is 2.26. The molecule has 0 spiro atoms. The Kier molecular flexibility index (Phi) is 3.63. The lowest BCUT2D eigenvalue weighted by Gasteiger charge is -2.07. The van der Waals surface area contributed by atoms with Crippen molar-refractivity contribution in [3.63, 3.8) is 0 Å². The fraction of sp³-hybridized carbons (Fsp3) is 0.300. The molecule has 0 fully saturated rings. The summed E-state index contributed by atoms with van der Waals surface area (Å²) in [6.45, 7) is 3.47. The lowest BCUT2D eigenvalue weighted by atomic mass is 10.2. The van der Waals surface area contributed by atoms with Gasteiger partial charge in [0.2, 0.25) is 0 Å². The number of carbonyl (C=O) groups is 1. The fourth-order valence-corrected chi connectivity index (χ4v) is 1.22. The van der Waals surface area contributed by atoms with Gasteiger partial charge in [0.05, 0.1) is 10.4 Å². The van der Waals surface area contributed by atoms with Gasteiger partial charge in [0.15, 0.2) is 0 Å². The topological polar surface area (TPSA) is 26.3 Å². The van der Waals surface area contributed by atoms with Gasteiger partial charge in [-0.3, -0.25) is 4.79 Å². The number of ether oxygens (including phenoxy) is 1. The third-order valence-corrected chi connectivity index (χ3v) is 2.20. The summed E-state index contributed by atoms with van der Waals surface area (Å²) in [5.41, 5.74) is 0. The standard InChI is InChI=1S/C10H10BrFO2/c1-6(2)10(13)14-9-4-3-7(12)5-8(9)11/h3-6H,1-2H3. The lowest BCUT2D eigenvalue weighted by Crippen LogP contribution is -2.14. The molecule has 0 unspecified atom stereocenters. The van der Waals surface area contributed by atoms with Crippen LogP contribution in [-0.2, 0) is 4.79 Å². The number of hydrogen-bond acceptors (Lipinski definition) is 2. The van der Waals surface area contributed by atoms with Gasteiger partial charge in [-0.25, -0.2) is 4.39 Å². The van der Waals surface area contributed by atoms with Gasteiger partial charge in [0.1, 0.15) is 11.6 Å². The van der Waals surface area contributed by atoms with E-state index in [1.165, 1.54) is 18.2 Å². The zero-order valence-corrected chi connectivity index (χ0v) is 9.47. The summed E-state index contributed by atoms with van der Waals surface area (Å²) >= 11 is 3.11. The van der Waals surface area contributed by atoms with Crippen LogP contribution in [0.4, 0.5) is 4.39 Å². The minimum Gasteiger partial charge on any atom is -0.425 e. The first-order valence-corrected chi connectivity index (χ1v) is 4.96. The van der Waals surface area contributed by atoms with Crippen LogP contribution in [0.5, 0.6) is 5.75 Å². The molecule has 0 bridgehead atoms. The SMILES string of the molecule is CC(C)C(=O)Oc1ccc(F)cc1Br. The summed E-state index contributed by atoms with van der Waals surface area (Å²) in [4.78, 5) is 11.2. The number of carbonyl (C=O) groups excluding carboxylic acids is 1. The van der Waals surface area contributed by atoms with Crippen molar-refractivity contribution in [1.82, 2.24) is 0 Å². The molecule has 14 heavy (non-hydrogen) atoms. The Morgan fingerprint density at radius 1 is 1.50 bits per heavy atom. The predicted molar refractivity (Wildman–Crippen MR) is 54.6 cm³/mol. The second kappa shape index (κ2) is 4.55. The first-order chi connectivity index (χ1) is 6.50. The minimum absolute atomic E-state index is 0.202. The molecule has 0 N–H and O–H groups in total. The first kappa shape index (κ1) is 11.2. The lowest BCUT2D eigenvalue weighted by molar-refractivity contribution is -0.137. The normalized spacial score (nSPS) is 10.4. The second-order valence-electron chi connectivity index (χ2n) is 3.15. The summed E-state index contributed by atoms with van der Waals surface area (Å²) in [6, 6.07) is 3.91. The Bertz CT molecular complexity index is 350. The smallest absolute Gasteiger partial charge is 0.313 e. The Morgan fingerprint density at radius 2 is 2.14 bits per heavy atom. The largest absolute Gasteiger partial charge is 0.425 e. The molecule has 1 aromatic rings. The van der Waals surface area contributed by atoms with E-state index in [9.17, 15) is 9.18 Å². The zero-order valence-electron chi connectivity index (χ0n) is 7.88. The molecule has 2 nitrogen and oxygen atoms in total. The van der Waals surface area contributed by atoms with E-state index < -0.39 is 0 Å². The van der Waals surface area contributed by atoms with Gasteiger partial charge < -0.3 is 4.74 Å². The van der Waals surface area contributed by atoms with Crippen molar-refractivity contribution in [3.05, 3.63) is 28.5 Å². The van der Waals surface area contributed by atoms with Crippen LogP contribution in [0.15, 0.2) is 22.7 Å². The van der Waals surface area contributed by atoms with Crippen molar-refractivity contribution in [2.45, 2.75) is 13.8 Å². The molecule has 0 amide bonds. The molecular weight excluding hydrogens is 251 g/mol. The van der Waals surface area contributed by atoms with Crippen LogP contribution in [-0.4, -0.2) is 5.97 Å². The molecule has 4 heteroatoms. The molecular formula is C10H10BrFO2. The van der Waals surface area contributed by atoms with Crippen LogP contribution in [0.2, 0.25) is 0 Å². The van der Waals surface area contributed by atoms with Gasteiger partial charge in [-0.2, -0.15) is 0 Å². The summed E-state index contributed by atoms with van der Waals surface area (Å²) in [6.07, 6.45) is 0. The van der Waals surface area contributed by atoms with Crippen LogP contribution in [0.1, 0.15) is 13.8 Å². The Morgan fingerprint density at radius 3 is 2.64 bits per heavy atom. The molecule has 0 aliphatic rings. The fourth-order valence-electron chi connectivity index (χ4n) is 0.784. The van der Waals surface area contributed by atoms with Crippen LogP contribution in [0, 0.1) is 11.7 Å². The number of esters is 1. The van der Waals surface area contributed by atoms with E-state index in [0.717, 1.165) is 0 Å². The summed E-state index contributed by atoms with van der Waals surface area (Å²) < 4.78 is 18.1. The molecule has 0 aromatic heterocycles. The molecule has 0 aliphatic carbocycles. The summed E-state index contributed by atoms with van der Waals surface area (Å²) in [5.74, 6) is -0.574. The molecule has 0 radical (unpaired) electrons. The molecule has 0 atom stereocenters. The van der Waals surface area contributed by atoms with Crippen LogP contribution in [0.3, 0.4) is 0 Å². The van der Waals surface area contributed by atoms with E-state index in [1.54, 1.807) is 13.8 Å². The van der Waals surface area contributed by atoms with Crippen molar-refractivity contribution >= 4 is 21.9 Å².